The topological polar surface area (TPSA) is 92.5 Å². The molecule has 0 aromatic heterocycles. The summed E-state index contributed by atoms with van der Waals surface area (Å²) in [6, 6.07) is 2.21. The Morgan fingerprint density at radius 3 is 2.76 bits per heavy atom. The Morgan fingerprint density at radius 2 is 2.24 bits per heavy atom. The van der Waals surface area contributed by atoms with Crippen LogP contribution in [0.25, 0.3) is 0 Å². The van der Waals surface area contributed by atoms with Gasteiger partial charge < -0.3 is 10.4 Å². The number of nitro groups is 1. The minimum absolute atomic E-state index is 0.0623. The summed E-state index contributed by atoms with van der Waals surface area (Å²) in [7, 11) is 0. The van der Waals surface area contributed by atoms with E-state index in [0.717, 1.165) is 12.5 Å². The minimum Gasteiger partial charge on any atom is -0.478 e. The van der Waals surface area contributed by atoms with Crippen molar-refractivity contribution in [1.82, 2.24) is 0 Å². The Bertz CT molecular complexity index is 576. The van der Waals surface area contributed by atoms with Gasteiger partial charge in [-0.05, 0) is 18.3 Å². The third kappa shape index (κ3) is 3.44. The lowest BCUT2D eigenvalue weighted by atomic mass is 9.98. The molecule has 1 aromatic rings. The number of nitrogens with zero attached hydrogens (tertiary/aromatic N) is 1. The molecule has 1 aliphatic carbocycles. The SMILES string of the molecule is CC1CCCC1CNc1c(Cl)cc([N+](=O)[O-])cc1C(=O)O. The van der Waals surface area contributed by atoms with E-state index >= 15 is 0 Å². The molecular formula is C14H17ClN2O4. The van der Waals surface area contributed by atoms with Crippen LogP contribution in [0.3, 0.4) is 0 Å². The monoisotopic (exact) mass is 312 g/mol. The van der Waals surface area contributed by atoms with Gasteiger partial charge in [-0.2, -0.15) is 0 Å². The van der Waals surface area contributed by atoms with Gasteiger partial charge in [-0.25, -0.2) is 4.79 Å². The highest BCUT2D eigenvalue weighted by Crippen LogP contribution is 2.34. The van der Waals surface area contributed by atoms with Crippen LogP contribution in [0, 0.1) is 22.0 Å². The van der Waals surface area contributed by atoms with Gasteiger partial charge in [0.2, 0.25) is 0 Å². The highest BCUT2D eigenvalue weighted by molar-refractivity contribution is 6.34. The molecule has 0 aliphatic heterocycles. The van der Waals surface area contributed by atoms with Gasteiger partial charge in [0.05, 0.1) is 21.2 Å². The summed E-state index contributed by atoms with van der Waals surface area (Å²) in [6.45, 7) is 2.80. The zero-order valence-electron chi connectivity index (χ0n) is 11.6. The summed E-state index contributed by atoms with van der Waals surface area (Å²) < 4.78 is 0. The largest absolute Gasteiger partial charge is 0.478 e. The average Bonchev–Trinajstić information content (AvgIpc) is 2.81. The number of hydrogen-bond donors (Lipinski definition) is 2. The lowest BCUT2D eigenvalue weighted by Crippen LogP contribution is -2.18. The first kappa shape index (κ1) is 15.6. The average molecular weight is 313 g/mol. The van der Waals surface area contributed by atoms with Crippen molar-refractivity contribution in [3.05, 3.63) is 32.8 Å². The molecule has 1 aliphatic rings. The highest BCUT2D eigenvalue weighted by atomic mass is 35.5. The Balaban J connectivity index is 2.25. The summed E-state index contributed by atoms with van der Waals surface area (Å²) in [6.07, 6.45) is 3.45. The van der Waals surface area contributed by atoms with Crippen LogP contribution >= 0.6 is 11.6 Å². The van der Waals surface area contributed by atoms with Crippen LogP contribution in [0.4, 0.5) is 11.4 Å². The quantitative estimate of drug-likeness (QED) is 0.637. The number of carbonyl (C=O) groups is 1. The van der Waals surface area contributed by atoms with E-state index in [0.29, 0.717) is 18.4 Å². The summed E-state index contributed by atoms with van der Waals surface area (Å²) in [5, 5.41) is 23.1. The second-order valence-electron chi connectivity index (χ2n) is 5.46. The third-order valence-electron chi connectivity index (χ3n) is 4.10. The lowest BCUT2D eigenvalue weighted by molar-refractivity contribution is -0.384. The molecule has 1 saturated carbocycles. The molecule has 0 bridgehead atoms. The molecule has 1 fully saturated rings. The van der Waals surface area contributed by atoms with Crippen molar-refractivity contribution in [3.63, 3.8) is 0 Å². The summed E-state index contributed by atoms with van der Waals surface area (Å²) in [5.74, 6) is -0.178. The fourth-order valence-corrected chi connectivity index (χ4v) is 3.09. The van der Waals surface area contributed by atoms with Gasteiger partial charge in [0, 0.05) is 18.7 Å². The van der Waals surface area contributed by atoms with Crippen LogP contribution in [-0.2, 0) is 0 Å². The lowest BCUT2D eigenvalue weighted by Gasteiger charge is -2.18. The molecule has 2 rings (SSSR count). The number of carboxylic acid groups (broad SMARTS) is 1. The molecule has 0 heterocycles. The highest BCUT2D eigenvalue weighted by Gasteiger charge is 2.25. The summed E-state index contributed by atoms with van der Waals surface area (Å²) in [4.78, 5) is 21.4. The molecule has 2 unspecified atom stereocenters. The molecule has 6 nitrogen and oxygen atoms in total. The van der Waals surface area contributed by atoms with E-state index in [2.05, 4.69) is 12.2 Å². The maximum Gasteiger partial charge on any atom is 0.338 e. The zero-order valence-corrected chi connectivity index (χ0v) is 12.4. The fraction of sp³-hybridized carbons (Fsp3) is 0.500. The first-order valence-electron chi connectivity index (χ1n) is 6.85. The van der Waals surface area contributed by atoms with E-state index in [9.17, 15) is 20.0 Å². The molecular weight excluding hydrogens is 296 g/mol. The van der Waals surface area contributed by atoms with E-state index in [4.69, 9.17) is 11.6 Å². The first-order chi connectivity index (χ1) is 9.90. The summed E-state index contributed by atoms with van der Waals surface area (Å²) in [5.41, 5.74) is -0.231. The molecule has 0 saturated heterocycles. The Morgan fingerprint density at radius 1 is 1.52 bits per heavy atom. The van der Waals surface area contributed by atoms with Crippen molar-refractivity contribution in [2.75, 3.05) is 11.9 Å². The predicted octanol–water partition coefficient (Wildman–Crippen LogP) is 3.79. The number of nitrogens with one attached hydrogen (secondary N) is 1. The number of halogens is 1. The van der Waals surface area contributed by atoms with Gasteiger partial charge in [-0.15, -0.1) is 0 Å². The van der Waals surface area contributed by atoms with Gasteiger partial charge in [0.1, 0.15) is 0 Å². The van der Waals surface area contributed by atoms with Gasteiger partial charge in [0.25, 0.3) is 5.69 Å². The Labute approximate surface area is 127 Å². The second kappa shape index (κ2) is 6.30. The van der Waals surface area contributed by atoms with Gasteiger partial charge in [-0.3, -0.25) is 10.1 Å². The van der Waals surface area contributed by atoms with Crippen LogP contribution in [0.1, 0.15) is 36.5 Å². The molecule has 0 spiro atoms. The van der Waals surface area contributed by atoms with E-state index in [1.54, 1.807) is 0 Å². The molecule has 114 valence electrons. The van der Waals surface area contributed by atoms with Crippen molar-refractivity contribution in [2.24, 2.45) is 11.8 Å². The normalized spacial score (nSPS) is 21.2. The number of non-ortho nitro benzene ring substituents is 1. The van der Waals surface area contributed by atoms with E-state index < -0.39 is 10.9 Å². The van der Waals surface area contributed by atoms with E-state index in [-0.39, 0.29) is 22.0 Å². The maximum atomic E-state index is 11.3. The Kier molecular flexibility index (Phi) is 4.67. The number of carboxylic acids is 1. The van der Waals surface area contributed by atoms with Crippen molar-refractivity contribution in [1.29, 1.82) is 0 Å². The second-order valence-corrected chi connectivity index (χ2v) is 5.87. The number of aromatic carboxylic acids is 1. The van der Waals surface area contributed by atoms with Crippen LogP contribution in [0.2, 0.25) is 5.02 Å². The van der Waals surface area contributed by atoms with Crippen LogP contribution in [-0.4, -0.2) is 22.5 Å². The molecule has 1 aromatic carbocycles. The molecule has 7 heteroatoms. The van der Waals surface area contributed by atoms with Crippen molar-refractivity contribution in [2.45, 2.75) is 26.2 Å². The molecule has 2 atom stereocenters. The number of rotatable bonds is 5. The number of hydrogen-bond acceptors (Lipinski definition) is 4. The molecule has 0 amide bonds. The maximum absolute atomic E-state index is 11.3. The van der Waals surface area contributed by atoms with Gasteiger partial charge in [-0.1, -0.05) is 31.4 Å². The van der Waals surface area contributed by atoms with Gasteiger partial charge >= 0.3 is 5.97 Å². The van der Waals surface area contributed by atoms with Crippen LogP contribution < -0.4 is 5.32 Å². The van der Waals surface area contributed by atoms with E-state index in [1.165, 1.54) is 18.9 Å². The predicted molar refractivity (Wildman–Crippen MR) is 80.1 cm³/mol. The van der Waals surface area contributed by atoms with Crippen molar-refractivity contribution >= 4 is 28.9 Å². The number of benzene rings is 1. The standard InChI is InChI=1S/C14H17ClN2O4/c1-8-3-2-4-9(8)7-16-13-11(14(18)19)5-10(17(20)21)6-12(13)15/h5-6,8-9,16H,2-4,7H2,1H3,(H,18,19). The van der Waals surface area contributed by atoms with Crippen molar-refractivity contribution < 1.29 is 14.8 Å². The number of anilines is 1. The van der Waals surface area contributed by atoms with Crippen LogP contribution in [0.5, 0.6) is 0 Å². The third-order valence-corrected chi connectivity index (χ3v) is 4.39. The van der Waals surface area contributed by atoms with E-state index in [1.807, 2.05) is 0 Å². The molecule has 21 heavy (non-hydrogen) atoms. The molecule has 2 N–H and O–H groups in total. The van der Waals surface area contributed by atoms with Crippen molar-refractivity contribution in [3.8, 4) is 0 Å². The fourth-order valence-electron chi connectivity index (χ4n) is 2.80. The van der Waals surface area contributed by atoms with Crippen LogP contribution in [0.15, 0.2) is 12.1 Å². The number of nitro benzene ring substituents is 1. The smallest absolute Gasteiger partial charge is 0.338 e. The van der Waals surface area contributed by atoms with Gasteiger partial charge in [0.15, 0.2) is 0 Å². The molecule has 0 radical (unpaired) electrons. The summed E-state index contributed by atoms with van der Waals surface area (Å²) >= 11 is 6.01. The Hall–Kier alpha value is -1.82. The minimum atomic E-state index is -1.23. The zero-order chi connectivity index (χ0) is 15.6. The first-order valence-corrected chi connectivity index (χ1v) is 7.23.